The summed E-state index contributed by atoms with van der Waals surface area (Å²) in [5, 5.41) is 14.0. The number of nitrogens with zero attached hydrogens (tertiary/aromatic N) is 1. The second-order valence-electron chi connectivity index (χ2n) is 7.29. The zero-order valence-electron chi connectivity index (χ0n) is 15.2. The van der Waals surface area contributed by atoms with Crippen molar-refractivity contribution in [3.05, 3.63) is 24.3 Å². The van der Waals surface area contributed by atoms with Crippen molar-refractivity contribution in [2.45, 2.75) is 49.8 Å². The van der Waals surface area contributed by atoms with Gasteiger partial charge in [0.2, 0.25) is 15.9 Å². The number of piperidine rings is 1. The van der Waals surface area contributed by atoms with Gasteiger partial charge in [-0.05, 0) is 49.9 Å². The Morgan fingerprint density at radius 3 is 2.11 bits per heavy atom. The Bertz CT molecular complexity index is 785. The molecule has 27 heavy (non-hydrogen) atoms. The first-order valence-corrected chi connectivity index (χ1v) is 11.0. The van der Waals surface area contributed by atoms with Crippen molar-refractivity contribution in [2.24, 2.45) is 11.8 Å². The maximum absolute atomic E-state index is 12.7. The number of carbonyl (C=O) groups excluding carboxylic acids is 2. The van der Waals surface area contributed by atoms with Gasteiger partial charge >= 0.3 is 0 Å². The number of hydrogen-bond acceptors (Lipinski definition) is 5. The molecular formula is C19H25N2O5S-. The van der Waals surface area contributed by atoms with E-state index < -0.39 is 27.8 Å². The predicted octanol–water partition coefficient (Wildman–Crippen LogP) is 1.36. The van der Waals surface area contributed by atoms with E-state index in [4.69, 9.17) is 0 Å². The maximum atomic E-state index is 12.7. The van der Waals surface area contributed by atoms with Gasteiger partial charge in [0.1, 0.15) is 0 Å². The first kappa shape index (κ1) is 19.8. The topological polar surface area (TPSA) is 107 Å². The Morgan fingerprint density at radius 1 is 0.926 bits per heavy atom. The van der Waals surface area contributed by atoms with Crippen LogP contribution in [0, 0.1) is 11.8 Å². The average molecular weight is 393 g/mol. The van der Waals surface area contributed by atoms with Gasteiger partial charge in [-0.25, -0.2) is 8.42 Å². The molecule has 7 nitrogen and oxygen atoms in total. The van der Waals surface area contributed by atoms with Crippen molar-refractivity contribution in [1.82, 2.24) is 4.31 Å². The summed E-state index contributed by atoms with van der Waals surface area (Å²) in [5.41, 5.74) is 0.459. The summed E-state index contributed by atoms with van der Waals surface area (Å²) in [4.78, 5) is 23.9. The fraction of sp³-hybridized carbons (Fsp3) is 0.579. The first-order valence-electron chi connectivity index (χ1n) is 9.51. The van der Waals surface area contributed by atoms with Gasteiger partial charge < -0.3 is 15.2 Å². The maximum Gasteiger partial charge on any atom is 0.243 e. The van der Waals surface area contributed by atoms with Crippen molar-refractivity contribution >= 4 is 27.6 Å². The standard InChI is InChI=1S/C19H26N2O5S/c22-18(16-6-2-3-7-17(16)19(23)24)20-14-8-10-15(11-9-14)27(25,26)21-12-4-1-5-13-21/h8-11,16-17H,1-7,12-13H2,(H,20,22)(H,23,24)/p-1. The van der Waals surface area contributed by atoms with Crippen LogP contribution in [0.1, 0.15) is 44.9 Å². The highest BCUT2D eigenvalue weighted by Gasteiger charge is 2.32. The van der Waals surface area contributed by atoms with Crippen LogP contribution in [0.3, 0.4) is 0 Å². The molecule has 1 saturated heterocycles. The molecule has 1 aliphatic carbocycles. The van der Waals surface area contributed by atoms with Gasteiger partial charge in [0.15, 0.2) is 0 Å². The minimum absolute atomic E-state index is 0.202. The lowest BCUT2D eigenvalue weighted by molar-refractivity contribution is -0.313. The minimum Gasteiger partial charge on any atom is -0.550 e. The van der Waals surface area contributed by atoms with E-state index >= 15 is 0 Å². The summed E-state index contributed by atoms with van der Waals surface area (Å²) in [7, 11) is -3.51. The molecule has 0 aromatic heterocycles. The van der Waals surface area contributed by atoms with Crippen LogP contribution in [0.5, 0.6) is 0 Å². The number of benzene rings is 1. The molecule has 2 aliphatic rings. The van der Waals surface area contributed by atoms with E-state index in [0.29, 0.717) is 31.6 Å². The Balaban J connectivity index is 1.68. The molecule has 0 radical (unpaired) electrons. The van der Waals surface area contributed by atoms with E-state index in [9.17, 15) is 23.1 Å². The third-order valence-electron chi connectivity index (χ3n) is 5.48. The molecular weight excluding hydrogens is 368 g/mol. The summed E-state index contributed by atoms with van der Waals surface area (Å²) >= 11 is 0. The smallest absolute Gasteiger partial charge is 0.243 e. The largest absolute Gasteiger partial charge is 0.550 e. The van der Waals surface area contributed by atoms with Crippen molar-refractivity contribution < 1.29 is 23.1 Å². The highest BCUT2D eigenvalue weighted by molar-refractivity contribution is 7.89. The van der Waals surface area contributed by atoms with Crippen molar-refractivity contribution in [2.75, 3.05) is 18.4 Å². The van der Waals surface area contributed by atoms with E-state index in [1.54, 1.807) is 12.1 Å². The highest BCUT2D eigenvalue weighted by Crippen LogP contribution is 2.31. The lowest BCUT2D eigenvalue weighted by Gasteiger charge is -2.31. The average Bonchev–Trinajstić information content (AvgIpc) is 2.69. The van der Waals surface area contributed by atoms with Crippen molar-refractivity contribution in [3.8, 4) is 0 Å². The Labute approximate surface area is 159 Å². The van der Waals surface area contributed by atoms with E-state index in [1.807, 2.05) is 0 Å². The van der Waals surface area contributed by atoms with Crippen LogP contribution >= 0.6 is 0 Å². The van der Waals surface area contributed by atoms with E-state index in [0.717, 1.165) is 32.1 Å². The lowest BCUT2D eigenvalue weighted by atomic mass is 9.78. The molecule has 2 atom stereocenters. The zero-order valence-corrected chi connectivity index (χ0v) is 16.0. The van der Waals surface area contributed by atoms with Crippen LogP contribution in [0.2, 0.25) is 0 Å². The Morgan fingerprint density at radius 2 is 1.52 bits per heavy atom. The van der Waals surface area contributed by atoms with E-state index in [2.05, 4.69) is 5.32 Å². The number of nitrogens with one attached hydrogen (secondary N) is 1. The van der Waals surface area contributed by atoms with Gasteiger partial charge in [0.25, 0.3) is 0 Å². The van der Waals surface area contributed by atoms with Gasteiger partial charge in [-0.3, -0.25) is 4.79 Å². The van der Waals surface area contributed by atoms with Gasteiger partial charge in [0, 0.05) is 36.6 Å². The van der Waals surface area contributed by atoms with Crippen molar-refractivity contribution in [1.29, 1.82) is 0 Å². The summed E-state index contributed by atoms with van der Waals surface area (Å²) in [6.45, 7) is 1.07. The molecule has 1 aliphatic heterocycles. The summed E-state index contributed by atoms with van der Waals surface area (Å²) < 4.78 is 26.8. The number of sulfonamides is 1. The molecule has 1 heterocycles. The zero-order chi connectivity index (χ0) is 19.4. The Hall–Kier alpha value is -1.93. The number of anilines is 1. The normalized spacial score (nSPS) is 24.3. The van der Waals surface area contributed by atoms with Gasteiger partial charge in [-0.2, -0.15) is 4.31 Å². The number of amides is 1. The molecule has 1 aromatic carbocycles. The van der Waals surface area contributed by atoms with Crippen LogP contribution in [-0.2, 0) is 19.6 Å². The number of carbonyl (C=O) groups is 2. The molecule has 1 N–H and O–H groups in total. The molecule has 1 aromatic rings. The molecule has 0 spiro atoms. The van der Waals surface area contributed by atoms with E-state index in [-0.39, 0.29) is 10.8 Å². The molecule has 8 heteroatoms. The van der Waals surface area contributed by atoms with E-state index in [1.165, 1.54) is 16.4 Å². The fourth-order valence-electron chi connectivity index (χ4n) is 3.93. The molecule has 2 fully saturated rings. The van der Waals surface area contributed by atoms with Gasteiger partial charge in [-0.15, -0.1) is 0 Å². The second kappa shape index (κ2) is 8.39. The van der Waals surface area contributed by atoms with Crippen LogP contribution in [0.4, 0.5) is 5.69 Å². The minimum atomic E-state index is -3.51. The fourth-order valence-corrected chi connectivity index (χ4v) is 5.44. The molecule has 148 valence electrons. The molecule has 1 amide bonds. The third-order valence-corrected chi connectivity index (χ3v) is 7.39. The van der Waals surface area contributed by atoms with Crippen LogP contribution in [-0.4, -0.2) is 37.7 Å². The van der Waals surface area contributed by atoms with Crippen LogP contribution < -0.4 is 10.4 Å². The van der Waals surface area contributed by atoms with Gasteiger partial charge in [-0.1, -0.05) is 19.3 Å². The number of rotatable bonds is 5. The number of carboxylic acid groups (broad SMARTS) is 1. The van der Waals surface area contributed by atoms with Crippen molar-refractivity contribution in [3.63, 3.8) is 0 Å². The molecule has 1 saturated carbocycles. The number of aliphatic carboxylic acids is 1. The lowest BCUT2D eigenvalue weighted by Crippen LogP contribution is -2.42. The highest BCUT2D eigenvalue weighted by atomic mass is 32.2. The molecule has 3 rings (SSSR count). The third kappa shape index (κ3) is 4.50. The second-order valence-corrected chi connectivity index (χ2v) is 9.23. The monoisotopic (exact) mass is 393 g/mol. The van der Waals surface area contributed by atoms with Crippen LogP contribution in [0.25, 0.3) is 0 Å². The number of carboxylic acids is 1. The van der Waals surface area contributed by atoms with Crippen LogP contribution in [0.15, 0.2) is 29.2 Å². The SMILES string of the molecule is O=C([O-])C1CCCCC1C(=O)Nc1ccc(S(=O)(=O)N2CCCCC2)cc1. The van der Waals surface area contributed by atoms with Gasteiger partial charge in [0.05, 0.1) is 4.90 Å². The summed E-state index contributed by atoms with van der Waals surface area (Å²) in [5.74, 6) is -2.91. The summed E-state index contributed by atoms with van der Waals surface area (Å²) in [6.07, 6.45) is 5.35. The summed E-state index contributed by atoms with van der Waals surface area (Å²) in [6, 6.07) is 6.06. The first-order chi connectivity index (χ1) is 12.9. The molecule has 2 unspecified atom stereocenters. The quantitative estimate of drug-likeness (QED) is 0.813. The molecule has 0 bridgehead atoms. The Kier molecular flexibility index (Phi) is 6.16. The predicted molar refractivity (Wildman–Crippen MR) is 98.1 cm³/mol. The number of hydrogen-bond donors (Lipinski definition) is 1.